The summed E-state index contributed by atoms with van der Waals surface area (Å²) < 4.78 is 0. The minimum Gasteiger partial charge on any atom is -0.343 e. The highest BCUT2D eigenvalue weighted by Crippen LogP contribution is 2.39. The lowest BCUT2D eigenvalue weighted by Gasteiger charge is -2.44. The molecule has 2 heterocycles. The highest BCUT2D eigenvalue weighted by molar-refractivity contribution is 7.10. The number of fused-ring (bicyclic) bond motifs is 1. The molecule has 2 aliphatic rings. The van der Waals surface area contributed by atoms with Crippen molar-refractivity contribution in [3.8, 4) is 0 Å². The second-order valence-corrected chi connectivity index (χ2v) is 6.85. The monoisotopic (exact) mass is 306 g/mol. The molecule has 114 valence electrons. The third-order valence-corrected chi connectivity index (χ3v) is 5.66. The van der Waals surface area contributed by atoms with Crippen molar-refractivity contribution < 1.29 is 9.59 Å². The van der Waals surface area contributed by atoms with Gasteiger partial charge < -0.3 is 10.2 Å². The van der Waals surface area contributed by atoms with Crippen LogP contribution in [0, 0.1) is 0 Å². The van der Waals surface area contributed by atoms with Gasteiger partial charge in [-0.15, -0.1) is 11.3 Å². The number of amides is 2. The summed E-state index contributed by atoms with van der Waals surface area (Å²) in [5.74, 6) is 0.0966. The Balaban J connectivity index is 1.98. The molecule has 3 unspecified atom stereocenters. The summed E-state index contributed by atoms with van der Waals surface area (Å²) in [6.45, 7) is 3.93. The van der Waals surface area contributed by atoms with Gasteiger partial charge in [-0.1, -0.05) is 13.8 Å². The zero-order chi connectivity index (χ0) is 15.0. The van der Waals surface area contributed by atoms with Gasteiger partial charge in [0.1, 0.15) is 12.1 Å². The van der Waals surface area contributed by atoms with Crippen molar-refractivity contribution in [2.75, 3.05) is 0 Å². The van der Waals surface area contributed by atoms with E-state index in [0.717, 1.165) is 19.3 Å². The van der Waals surface area contributed by atoms with Crippen molar-refractivity contribution in [1.82, 2.24) is 10.2 Å². The molecule has 21 heavy (non-hydrogen) atoms. The fourth-order valence-corrected chi connectivity index (χ4v) is 4.55. The number of piperazine rings is 1. The van der Waals surface area contributed by atoms with Crippen LogP contribution in [-0.2, 0) is 16.0 Å². The molecule has 5 heteroatoms. The minimum absolute atomic E-state index is 0.00584. The Morgan fingerprint density at radius 2 is 2.14 bits per heavy atom. The topological polar surface area (TPSA) is 49.4 Å². The molecule has 1 aliphatic heterocycles. The van der Waals surface area contributed by atoms with Crippen molar-refractivity contribution in [3.05, 3.63) is 21.9 Å². The maximum Gasteiger partial charge on any atom is 0.246 e. The standard InChI is InChI=1S/C16H22N2O2S/c1-3-11-16(20)18(12(4-2)15(19)17-11)13-6-5-7-14-10(13)8-9-21-14/h8-9,11-13H,3-7H2,1-2H3,(H,17,19). The summed E-state index contributed by atoms with van der Waals surface area (Å²) >= 11 is 1.77. The van der Waals surface area contributed by atoms with Crippen LogP contribution in [0.4, 0.5) is 0 Å². The van der Waals surface area contributed by atoms with E-state index in [0.29, 0.717) is 12.8 Å². The van der Waals surface area contributed by atoms with Gasteiger partial charge in [-0.2, -0.15) is 0 Å². The number of hydrogen-bond donors (Lipinski definition) is 1. The molecule has 3 atom stereocenters. The number of aryl methyl sites for hydroxylation is 1. The molecule has 1 aromatic rings. The van der Waals surface area contributed by atoms with Gasteiger partial charge in [-0.25, -0.2) is 0 Å². The van der Waals surface area contributed by atoms with E-state index in [1.54, 1.807) is 11.3 Å². The van der Waals surface area contributed by atoms with Gasteiger partial charge in [0, 0.05) is 4.88 Å². The second kappa shape index (κ2) is 5.79. The van der Waals surface area contributed by atoms with E-state index in [1.807, 2.05) is 18.7 Å². The number of rotatable bonds is 3. The van der Waals surface area contributed by atoms with E-state index in [2.05, 4.69) is 16.8 Å². The molecule has 4 nitrogen and oxygen atoms in total. The van der Waals surface area contributed by atoms with E-state index in [9.17, 15) is 9.59 Å². The van der Waals surface area contributed by atoms with Gasteiger partial charge in [0.25, 0.3) is 0 Å². The highest BCUT2D eigenvalue weighted by Gasteiger charge is 2.43. The lowest BCUT2D eigenvalue weighted by Crippen LogP contribution is -2.63. The van der Waals surface area contributed by atoms with Crippen molar-refractivity contribution in [2.45, 2.75) is 64.1 Å². The Morgan fingerprint density at radius 3 is 2.86 bits per heavy atom. The maximum atomic E-state index is 12.8. The molecule has 0 radical (unpaired) electrons. The van der Waals surface area contributed by atoms with Crippen LogP contribution in [0.5, 0.6) is 0 Å². The van der Waals surface area contributed by atoms with Crippen LogP contribution < -0.4 is 5.32 Å². The second-order valence-electron chi connectivity index (χ2n) is 5.85. The van der Waals surface area contributed by atoms with E-state index < -0.39 is 0 Å². The van der Waals surface area contributed by atoms with Crippen LogP contribution in [0.3, 0.4) is 0 Å². The van der Waals surface area contributed by atoms with Crippen molar-refractivity contribution in [2.24, 2.45) is 0 Å². The first-order chi connectivity index (χ1) is 10.2. The van der Waals surface area contributed by atoms with E-state index in [-0.39, 0.29) is 29.9 Å². The molecule has 2 amide bonds. The van der Waals surface area contributed by atoms with E-state index >= 15 is 0 Å². The Morgan fingerprint density at radius 1 is 1.33 bits per heavy atom. The van der Waals surface area contributed by atoms with Crippen molar-refractivity contribution in [3.63, 3.8) is 0 Å². The fraction of sp³-hybridized carbons (Fsp3) is 0.625. The number of hydrogen-bond acceptors (Lipinski definition) is 3. The SMILES string of the molecule is CCC1NC(=O)C(CC)N(C2CCCc3sccc32)C1=O. The summed E-state index contributed by atoms with van der Waals surface area (Å²) in [5.41, 5.74) is 1.27. The molecule has 3 rings (SSSR count). The minimum atomic E-state index is -0.357. The molecule has 0 spiro atoms. The molecule has 1 N–H and O–H groups in total. The lowest BCUT2D eigenvalue weighted by molar-refractivity contribution is -0.153. The van der Waals surface area contributed by atoms with Gasteiger partial charge in [0.15, 0.2) is 0 Å². The number of nitrogens with one attached hydrogen (secondary N) is 1. The number of carbonyl (C=O) groups excluding carboxylic acids is 2. The number of carbonyl (C=O) groups is 2. The van der Waals surface area contributed by atoms with Crippen LogP contribution in [0.15, 0.2) is 11.4 Å². The van der Waals surface area contributed by atoms with E-state index in [1.165, 1.54) is 10.4 Å². The molecule has 1 aliphatic carbocycles. The molecular formula is C16H22N2O2S. The summed E-state index contributed by atoms with van der Waals surface area (Å²) in [4.78, 5) is 28.4. The zero-order valence-corrected chi connectivity index (χ0v) is 13.4. The predicted octanol–water partition coefficient (Wildman–Crippen LogP) is 2.64. The van der Waals surface area contributed by atoms with Gasteiger partial charge in [0.2, 0.25) is 11.8 Å². The van der Waals surface area contributed by atoms with Crippen molar-refractivity contribution >= 4 is 23.2 Å². The molecule has 0 saturated carbocycles. The molecular weight excluding hydrogens is 284 g/mol. The van der Waals surface area contributed by atoms with Gasteiger partial charge in [-0.05, 0) is 49.1 Å². The Bertz CT molecular complexity index is 554. The Labute approximate surface area is 129 Å². The van der Waals surface area contributed by atoms with Crippen LogP contribution >= 0.6 is 11.3 Å². The summed E-state index contributed by atoms with van der Waals surface area (Å²) in [6, 6.07) is 1.54. The van der Waals surface area contributed by atoms with Gasteiger partial charge in [0.05, 0.1) is 6.04 Å². The average molecular weight is 306 g/mol. The first-order valence-corrected chi connectivity index (χ1v) is 8.74. The molecule has 0 aromatic carbocycles. The number of thiophene rings is 1. The Hall–Kier alpha value is -1.36. The van der Waals surface area contributed by atoms with E-state index in [4.69, 9.17) is 0 Å². The zero-order valence-electron chi connectivity index (χ0n) is 12.6. The fourth-order valence-electron chi connectivity index (χ4n) is 3.57. The van der Waals surface area contributed by atoms with Crippen LogP contribution in [0.25, 0.3) is 0 Å². The molecule has 1 saturated heterocycles. The predicted molar refractivity (Wildman–Crippen MR) is 83.1 cm³/mol. The summed E-state index contributed by atoms with van der Waals surface area (Å²) in [5, 5.41) is 4.98. The van der Waals surface area contributed by atoms with Gasteiger partial charge >= 0.3 is 0 Å². The normalized spacial score (nSPS) is 29.2. The number of nitrogens with zero attached hydrogens (tertiary/aromatic N) is 1. The quantitative estimate of drug-likeness (QED) is 0.933. The largest absolute Gasteiger partial charge is 0.343 e. The average Bonchev–Trinajstić information content (AvgIpc) is 2.97. The maximum absolute atomic E-state index is 12.8. The van der Waals surface area contributed by atoms with Crippen LogP contribution in [-0.4, -0.2) is 28.8 Å². The Kier molecular flexibility index (Phi) is 4.02. The molecule has 1 fully saturated rings. The smallest absolute Gasteiger partial charge is 0.246 e. The molecule has 0 bridgehead atoms. The van der Waals surface area contributed by atoms with Crippen molar-refractivity contribution in [1.29, 1.82) is 0 Å². The third-order valence-electron chi connectivity index (χ3n) is 4.66. The highest BCUT2D eigenvalue weighted by atomic mass is 32.1. The van der Waals surface area contributed by atoms with Crippen LogP contribution in [0.2, 0.25) is 0 Å². The first kappa shape index (κ1) is 14.6. The lowest BCUT2D eigenvalue weighted by atomic mass is 9.89. The van der Waals surface area contributed by atoms with Gasteiger partial charge in [-0.3, -0.25) is 9.59 Å². The third kappa shape index (κ3) is 2.37. The first-order valence-electron chi connectivity index (χ1n) is 7.86. The summed E-state index contributed by atoms with van der Waals surface area (Å²) in [7, 11) is 0. The summed E-state index contributed by atoms with van der Waals surface area (Å²) in [6.07, 6.45) is 4.49. The van der Waals surface area contributed by atoms with Crippen LogP contribution in [0.1, 0.15) is 56.0 Å². The molecule has 1 aromatic heterocycles.